The van der Waals surface area contributed by atoms with Crippen LogP contribution < -0.4 is 15.5 Å². The van der Waals surface area contributed by atoms with Gasteiger partial charge in [-0.05, 0) is 31.9 Å². The number of hydrogen-bond acceptors (Lipinski definition) is 4. The van der Waals surface area contributed by atoms with Crippen LogP contribution in [-0.4, -0.2) is 63.9 Å². The van der Waals surface area contributed by atoms with E-state index in [1.165, 1.54) is 4.31 Å². The van der Waals surface area contributed by atoms with Crippen LogP contribution in [0.4, 0.5) is 4.79 Å². The summed E-state index contributed by atoms with van der Waals surface area (Å²) in [5.74, 6) is -0.352. The van der Waals surface area contributed by atoms with Crippen LogP contribution >= 0.6 is 0 Å². The number of nitrogens with zero attached hydrogens (tertiary/aromatic N) is 1. The number of carbonyl (C=O) groups excluding carboxylic acids is 2. The molecule has 1 heterocycles. The highest BCUT2D eigenvalue weighted by atomic mass is 32.2. The van der Waals surface area contributed by atoms with Gasteiger partial charge in [0, 0.05) is 6.54 Å². The zero-order valence-corrected chi connectivity index (χ0v) is 17.7. The van der Waals surface area contributed by atoms with Crippen molar-refractivity contribution < 1.29 is 22.9 Å². The Labute approximate surface area is 167 Å². The van der Waals surface area contributed by atoms with Gasteiger partial charge in [-0.2, -0.15) is 4.31 Å². The fraction of sp³-hybridized carbons (Fsp3) is 0.579. The van der Waals surface area contributed by atoms with Crippen molar-refractivity contribution in [1.29, 1.82) is 0 Å². The molecule has 1 fully saturated rings. The van der Waals surface area contributed by atoms with Crippen molar-refractivity contribution in [3.63, 3.8) is 0 Å². The number of piperazine rings is 1. The van der Waals surface area contributed by atoms with Crippen molar-refractivity contribution in [2.24, 2.45) is 0 Å². The maximum absolute atomic E-state index is 12.9. The van der Waals surface area contributed by atoms with Crippen LogP contribution in [0, 0.1) is 13.8 Å². The third-order valence-electron chi connectivity index (χ3n) is 4.86. The first-order valence-electron chi connectivity index (χ1n) is 9.72. The molecule has 9 heteroatoms. The number of benzene rings is 1. The number of hydrogen-bond donors (Lipinski definition) is 3. The molecule has 28 heavy (non-hydrogen) atoms. The van der Waals surface area contributed by atoms with E-state index in [2.05, 4.69) is 10.6 Å². The summed E-state index contributed by atoms with van der Waals surface area (Å²) in [5.41, 5.74) is 1.76. The molecule has 0 atom stereocenters. The van der Waals surface area contributed by atoms with E-state index in [4.69, 9.17) is 0 Å². The van der Waals surface area contributed by atoms with E-state index >= 15 is 0 Å². The standard InChI is InChI=1S/C19H30N4O4S/c1-4-5-8-20-19(25)21-18(24)14-22-9-11-23(12-10-22)28(26,27)17-7-6-15(2)13-16(17)3/h6-7,13H,4-5,8-12,14H2,1-3H3,(H2,20,21,24,25)/p+1. The number of imide groups is 1. The van der Waals surface area contributed by atoms with Gasteiger partial charge < -0.3 is 10.2 Å². The third kappa shape index (κ3) is 6.02. The zero-order valence-electron chi connectivity index (χ0n) is 16.9. The van der Waals surface area contributed by atoms with Crippen LogP contribution in [0.1, 0.15) is 30.9 Å². The van der Waals surface area contributed by atoms with E-state index in [0.29, 0.717) is 37.6 Å². The van der Waals surface area contributed by atoms with Crippen molar-refractivity contribution in [1.82, 2.24) is 14.9 Å². The fourth-order valence-electron chi connectivity index (χ4n) is 3.27. The first-order chi connectivity index (χ1) is 13.2. The van der Waals surface area contributed by atoms with Gasteiger partial charge in [-0.1, -0.05) is 31.0 Å². The number of amides is 3. The van der Waals surface area contributed by atoms with Crippen molar-refractivity contribution in [2.45, 2.75) is 38.5 Å². The molecule has 1 aromatic rings. The Morgan fingerprint density at radius 1 is 1.18 bits per heavy atom. The molecule has 0 aromatic heterocycles. The first kappa shape index (κ1) is 22.3. The number of quaternary nitrogens is 1. The van der Waals surface area contributed by atoms with Gasteiger partial charge in [-0.15, -0.1) is 0 Å². The van der Waals surface area contributed by atoms with Gasteiger partial charge in [0.2, 0.25) is 10.0 Å². The van der Waals surface area contributed by atoms with Crippen molar-refractivity contribution in [3.05, 3.63) is 29.3 Å². The molecule has 1 aromatic carbocycles. The summed E-state index contributed by atoms with van der Waals surface area (Å²) >= 11 is 0. The highest BCUT2D eigenvalue weighted by Gasteiger charge is 2.32. The van der Waals surface area contributed by atoms with Crippen LogP contribution in [0.25, 0.3) is 0 Å². The minimum atomic E-state index is -3.54. The highest BCUT2D eigenvalue weighted by Crippen LogP contribution is 2.20. The summed E-state index contributed by atoms with van der Waals surface area (Å²) < 4.78 is 27.3. The molecule has 2 rings (SSSR count). The lowest BCUT2D eigenvalue weighted by Gasteiger charge is -2.31. The molecule has 1 saturated heterocycles. The summed E-state index contributed by atoms with van der Waals surface area (Å²) in [7, 11) is -3.54. The SMILES string of the molecule is CCCCNC(=O)NC(=O)C[NH+]1CCN(S(=O)(=O)c2ccc(C)cc2C)CC1. The molecular formula is C19H31N4O4S+. The molecule has 0 unspecified atom stereocenters. The Morgan fingerprint density at radius 3 is 2.46 bits per heavy atom. The molecule has 0 radical (unpaired) electrons. The average Bonchev–Trinajstić information content (AvgIpc) is 2.62. The number of unbranched alkanes of at least 4 members (excludes halogenated alkanes) is 1. The largest absolute Gasteiger partial charge is 0.338 e. The maximum Gasteiger partial charge on any atom is 0.321 e. The average molecular weight is 412 g/mol. The number of aryl methyl sites for hydroxylation is 2. The maximum atomic E-state index is 12.9. The van der Waals surface area contributed by atoms with Crippen LogP contribution in [-0.2, 0) is 14.8 Å². The minimum Gasteiger partial charge on any atom is -0.338 e. The second-order valence-electron chi connectivity index (χ2n) is 7.26. The van der Waals surface area contributed by atoms with Crippen LogP contribution in [0.3, 0.4) is 0 Å². The van der Waals surface area contributed by atoms with E-state index in [1.807, 2.05) is 19.9 Å². The predicted octanol–water partition coefficient (Wildman–Crippen LogP) is -0.181. The van der Waals surface area contributed by atoms with Gasteiger partial charge in [0.05, 0.1) is 31.1 Å². The number of urea groups is 1. The van der Waals surface area contributed by atoms with Gasteiger partial charge in [0.15, 0.2) is 6.54 Å². The van der Waals surface area contributed by atoms with Crippen LogP contribution in [0.15, 0.2) is 23.1 Å². The Balaban J connectivity index is 1.85. The van der Waals surface area contributed by atoms with Crippen molar-refractivity contribution >= 4 is 22.0 Å². The van der Waals surface area contributed by atoms with Crippen LogP contribution in [0.2, 0.25) is 0 Å². The van der Waals surface area contributed by atoms with E-state index in [1.54, 1.807) is 19.1 Å². The highest BCUT2D eigenvalue weighted by molar-refractivity contribution is 7.89. The molecule has 8 nitrogen and oxygen atoms in total. The van der Waals surface area contributed by atoms with E-state index < -0.39 is 16.1 Å². The summed E-state index contributed by atoms with van der Waals surface area (Å²) in [5, 5.41) is 4.96. The van der Waals surface area contributed by atoms with Crippen LogP contribution in [0.5, 0.6) is 0 Å². The molecule has 3 N–H and O–H groups in total. The van der Waals surface area contributed by atoms with Gasteiger partial charge in [-0.3, -0.25) is 10.1 Å². The van der Waals surface area contributed by atoms with E-state index in [9.17, 15) is 18.0 Å². The van der Waals surface area contributed by atoms with Crippen molar-refractivity contribution in [2.75, 3.05) is 39.3 Å². The van der Waals surface area contributed by atoms with Gasteiger partial charge in [0.25, 0.3) is 5.91 Å². The lowest BCUT2D eigenvalue weighted by atomic mass is 10.2. The topological polar surface area (TPSA) is 100 Å². The zero-order chi connectivity index (χ0) is 20.7. The smallest absolute Gasteiger partial charge is 0.321 e. The summed E-state index contributed by atoms with van der Waals surface area (Å²) in [4.78, 5) is 24.9. The summed E-state index contributed by atoms with van der Waals surface area (Å²) in [6.45, 7) is 8.19. The molecular weight excluding hydrogens is 380 g/mol. The van der Waals surface area contributed by atoms with Crippen molar-refractivity contribution in [3.8, 4) is 0 Å². The predicted molar refractivity (Wildman–Crippen MR) is 107 cm³/mol. The first-order valence-corrected chi connectivity index (χ1v) is 11.2. The second-order valence-corrected chi connectivity index (χ2v) is 9.16. The third-order valence-corrected chi connectivity index (χ3v) is 6.92. The number of nitrogens with one attached hydrogen (secondary N) is 3. The second kappa shape index (κ2) is 9.99. The molecule has 1 aliphatic rings. The van der Waals surface area contributed by atoms with Gasteiger partial charge in [-0.25, -0.2) is 13.2 Å². The normalized spacial score (nSPS) is 16.0. The van der Waals surface area contributed by atoms with Gasteiger partial charge in [0.1, 0.15) is 0 Å². The molecule has 0 saturated carbocycles. The number of sulfonamides is 1. The molecule has 0 aliphatic carbocycles. The van der Waals surface area contributed by atoms with E-state index in [0.717, 1.165) is 28.9 Å². The monoisotopic (exact) mass is 411 g/mol. The summed E-state index contributed by atoms with van der Waals surface area (Å²) in [6.07, 6.45) is 1.83. The quantitative estimate of drug-likeness (QED) is 0.542. The fourth-order valence-corrected chi connectivity index (χ4v) is 4.92. The molecule has 0 bridgehead atoms. The molecule has 156 valence electrons. The van der Waals surface area contributed by atoms with Gasteiger partial charge >= 0.3 is 6.03 Å². The Kier molecular flexibility index (Phi) is 7.97. The number of carbonyl (C=O) groups is 2. The molecule has 3 amide bonds. The Hall–Kier alpha value is -1.97. The molecule has 0 spiro atoms. The lowest BCUT2D eigenvalue weighted by Crippen LogP contribution is -3.15. The number of rotatable bonds is 7. The Bertz CT molecular complexity index is 802. The minimum absolute atomic E-state index is 0.151. The Morgan fingerprint density at radius 2 is 1.86 bits per heavy atom. The lowest BCUT2D eigenvalue weighted by molar-refractivity contribution is -0.895. The van der Waals surface area contributed by atoms with E-state index in [-0.39, 0.29) is 12.5 Å². The molecule has 1 aliphatic heterocycles. The summed E-state index contributed by atoms with van der Waals surface area (Å²) in [6, 6.07) is 4.85.